The third-order valence-electron chi connectivity index (χ3n) is 16.5. The molecule has 4 aromatic carbocycles. The molecule has 0 saturated carbocycles. The van der Waals surface area contributed by atoms with Crippen LogP contribution in [0.15, 0.2) is 84.9 Å². The Bertz CT molecular complexity index is 1750. The van der Waals surface area contributed by atoms with Crippen molar-refractivity contribution in [2.75, 3.05) is 11.5 Å². The summed E-state index contributed by atoms with van der Waals surface area (Å²) in [5.74, 6) is 0.927. The molecule has 0 saturated heterocycles. The quantitative estimate of drug-likeness (QED) is 0.0343. The van der Waals surface area contributed by atoms with Gasteiger partial charge in [0.05, 0.1) is 0 Å². The third-order valence-corrected chi connectivity index (χ3v) is 16.5. The molecule has 0 amide bonds. The molecule has 72 heavy (non-hydrogen) atoms. The summed E-state index contributed by atoms with van der Waals surface area (Å²) in [5.41, 5.74) is 25.7. The Labute approximate surface area is 446 Å². The van der Waals surface area contributed by atoms with Crippen LogP contribution in [0.1, 0.15) is 314 Å². The van der Waals surface area contributed by atoms with Crippen LogP contribution in [0.25, 0.3) is 0 Å². The second-order valence-electron chi connectivity index (χ2n) is 22.9. The second kappa shape index (κ2) is 39.9. The van der Waals surface area contributed by atoms with Gasteiger partial charge in [-0.05, 0) is 121 Å². The van der Waals surface area contributed by atoms with Gasteiger partial charge in [-0.25, -0.2) is 0 Å². The van der Waals surface area contributed by atoms with Gasteiger partial charge >= 0.3 is 0 Å². The maximum Gasteiger partial charge on any atom is 0.0316 e. The van der Waals surface area contributed by atoms with Gasteiger partial charge in [0, 0.05) is 23.2 Å². The molecule has 0 aliphatic rings. The van der Waals surface area contributed by atoms with Gasteiger partial charge in [0.2, 0.25) is 0 Å². The van der Waals surface area contributed by atoms with E-state index in [9.17, 15) is 0 Å². The molecule has 4 N–H and O–H groups in total. The molecule has 0 fully saturated rings. The molecule has 0 heterocycles. The van der Waals surface area contributed by atoms with Crippen LogP contribution in [0.3, 0.4) is 0 Å². The molecule has 4 aromatic rings. The molecule has 0 bridgehead atoms. The van der Waals surface area contributed by atoms with E-state index in [0.29, 0.717) is 11.8 Å². The summed E-state index contributed by atoms with van der Waals surface area (Å²) in [7, 11) is 0. The molecule has 0 spiro atoms. The molecule has 0 radical (unpaired) electrons. The summed E-state index contributed by atoms with van der Waals surface area (Å²) in [6, 6.07) is 32.6. The highest BCUT2D eigenvalue weighted by Gasteiger charge is 2.18. The number of benzene rings is 4. The highest BCUT2D eigenvalue weighted by molar-refractivity contribution is 5.49. The van der Waals surface area contributed by atoms with E-state index in [1.165, 1.54) is 301 Å². The van der Waals surface area contributed by atoms with Crippen molar-refractivity contribution in [3.8, 4) is 0 Å². The molecule has 0 aromatic heterocycles. The van der Waals surface area contributed by atoms with Crippen LogP contribution < -0.4 is 11.5 Å². The maximum absolute atomic E-state index is 6.17. The topological polar surface area (TPSA) is 52.0 Å². The average Bonchev–Trinajstić information content (AvgIpc) is 3.38. The zero-order valence-electron chi connectivity index (χ0n) is 47.7. The van der Waals surface area contributed by atoms with Crippen LogP contribution in [0, 0.1) is 13.8 Å². The lowest BCUT2D eigenvalue weighted by Gasteiger charge is -2.21. The fraction of sp³-hybridized carbons (Fsp3) is 0.657. The fourth-order valence-corrected chi connectivity index (χ4v) is 11.8. The van der Waals surface area contributed by atoms with E-state index in [2.05, 4.69) is 113 Å². The SMILES string of the molecule is CCCCCCCCCCCCC(c1ccc(CCCCCCCCCCCCCCCCCCc2ccc(C(CCCCCCCCCCCC)c3ccc(N)cc3C)cc2)cc1)c1ccc(N)cc1C. The van der Waals surface area contributed by atoms with Crippen molar-refractivity contribution in [2.24, 2.45) is 0 Å². The van der Waals surface area contributed by atoms with Crippen molar-refractivity contribution in [3.05, 3.63) is 129 Å². The van der Waals surface area contributed by atoms with Crippen LogP contribution in [0.5, 0.6) is 0 Å². The Morgan fingerprint density at radius 2 is 0.542 bits per heavy atom. The number of hydrogen-bond acceptors (Lipinski definition) is 2. The van der Waals surface area contributed by atoms with E-state index in [4.69, 9.17) is 11.5 Å². The number of nitrogens with two attached hydrogens (primary N) is 2. The second-order valence-corrected chi connectivity index (χ2v) is 22.9. The first-order chi connectivity index (χ1) is 35.4. The molecule has 0 aliphatic heterocycles. The lowest BCUT2D eigenvalue weighted by atomic mass is 9.84. The number of rotatable bonds is 45. The first-order valence-electron chi connectivity index (χ1n) is 31.3. The van der Waals surface area contributed by atoms with Crippen molar-refractivity contribution in [1.29, 1.82) is 0 Å². The van der Waals surface area contributed by atoms with E-state index in [0.717, 1.165) is 11.4 Å². The number of hydrogen-bond donors (Lipinski definition) is 2. The summed E-state index contributed by atoms with van der Waals surface area (Å²) >= 11 is 0. The van der Waals surface area contributed by atoms with E-state index in [1.807, 2.05) is 0 Å². The zero-order chi connectivity index (χ0) is 51.1. The van der Waals surface area contributed by atoms with Gasteiger partial charge in [-0.15, -0.1) is 0 Å². The first kappa shape index (κ1) is 61.0. The van der Waals surface area contributed by atoms with Gasteiger partial charge in [0.1, 0.15) is 0 Å². The van der Waals surface area contributed by atoms with Gasteiger partial charge in [0.25, 0.3) is 0 Å². The Balaban J connectivity index is 0.981. The summed E-state index contributed by atoms with van der Waals surface area (Å²) < 4.78 is 0. The molecule has 2 atom stereocenters. The van der Waals surface area contributed by atoms with Crippen LogP contribution >= 0.6 is 0 Å². The van der Waals surface area contributed by atoms with E-state index in [1.54, 1.807) is 0 Å². The molecule has 0 aliphatic carbocycles. The van der Waals surface area contributed by atoms with Crippen molar-refractivity contribution < 1.29 is 0 Å². The molecule has 402 valence electrons. The third kappa shape index (κ3) is 26.6. The summed E-state index contributed by atoms with van der Waals surface area (Å²) in [6.45, 7) is 9.10. The zero-order valence-corrected chi connectivity index (χ0v) is 47.7. The molecule has 2 heteroatoms. The molecule has 2 unspecified atom stereocenters. The molecular formula is C70H112N2. The number of unbranched alkanes of at least 4 members (excludes halogenated alkanes) is 33. The van der Waals surface area contributed by atoms with Crippen molar-refractivity contribution in [2.45, 2.75) is 296 Å². The Morgan fingerprint density at radius 1 is 0.292 bits per heavy atom. The fourth-order valence-electron chi connectivity index (χ4n) is 11.8. The van der Waals surface area contributed by atoms with Gasteiger partial charge in [-0.3, -0.25) is 0 Å². The van der Waals surface area contributed by atoms with Gasteiger partial charge in [0.15, 0.2) is 0 Å². The van der Waals surface area contributed by atoms with Crippen molar-refractivity contribution in [1.82, 2.24) is 0 Å². The minimum absolute atomic E-state index is 0.464. The largest absolute Gasteiger partial charge is 0.399 e. The normalized spacial score (nSPS) is 12.4. The van der Waals surface area contributed by atoms with Crippen molar-refractivity contribution >= 4 is 11.4 Å². The summed E-state index contributed by atoms with van der Waals surface area (Å²) in [5, 5.41) is 0. The molecule has 2 nitrogen and oxygen atoms in total. The van der Waals surface area contributed by atoms with E-state index < -0.39 is 0 Å². The predicted octanol–water partition coefficient (Wildman–Crippen LogP) is 22.4. The molecular weight excluding hydrogens is 869 g/mol. The standard InChI is InChI=1S/C70H112N2/c1-5-7-9-11-13-15-27-31-35-39-43-69(67-55-53-65(71)57-59(67)3)63-49-45-61(46-50-63)41-37-33-29-25-23-21-19-17-18-20-22-24-26-30-34-38-42-62-47-51-64(52-48-62)70(68-56-54-66(72)58-60(68)4)44-40-36-32-28-16-14-12-10-8-6-2/h45-58,69-70H,5-44,71-72H2,1-4H3. The lowest BCUT2D eigenvalue weighted by molar-refractivity contribution is 0.528. The highest BCUT2D eigenvalue weighted by Crippen LogP contribution is 2.35. The van der Waals surface area contributed by atoms with Crippen LogP contribution in [0.4, 0.5) is 11.4 Å². The van der Waals surface area contributed by atoms with Gasteiger partial charge < -0.3 is 11.5 Å². The lowest BCUT2D eigenvalue weighted by Crippen LogP contribution is -2.05. The average molecular weight is 982 g/mol. The Hall–Kier alpha value is -3.52. The summed E-state index contributed by atoms with van der Waals surface area (Å²) in [6.07, 6.45) is 55.1. The molecule has 4 rings (SSSR count). The number of anilines is 2. The number of aryl methyl sites for hydroxylation is 4. The van der Waals surface area contributed by atoms with Gasteiger partial charge in [-0.2, -0.15) is 0 Å². The smallest absolute Gasteiger partial charge is 0.0316 e. The van der Waals surface area contributed by atoms with E-state index in [-0.39, 0.29) is 0 Å². The van der Waals surface area contributed by atoms with E-state index >= 15 is 0 Å². The minimum atomic E-state index is 0.464. The monoisotopic (exact) mass is 981 g/mol. The van der Waals surface area contributed by atoms with Crippen LogP contribution in [0.2, 0.25) is 0 Å². The number of nitrogen functional groups attached to an aromatic ring is 2. The predicted molar refractivity (Wildman–Crippen MR) is 322 cm³/mol. The van der Waals surface area contributed by atoms with Crippen LogP contribution in [-0.2, 0) is 12.8 Å². The Kier molecular flexibility index (Phi) is 33.8. The first-order valence-corrected chi connectivity index (χ1v) is 31.3. The van der Waals surface area contributed by atoms with Crippen molar-refractivity contribution in [3.63, 3.8) is 0 Å². The summed E-state index contributed by atoms with van der Waals surface area (Å²) in [4.78, 5) is 0. The highest BCUT2D eigenvalue weighted by atomic mass is 14.5. The van der Waals surface area contributed by atoms with Gasteiger partial charge in [-0.1, -0.05) is 293 Å². The minimum Gasteiger partial charge on any atom is -0.399 e. The maximum atomic E-state index is 6.17. The Morgan fingerprint density at radius 3 is 0.806 bits per heavy atom. The van der Waals surface area contributed by atoms with Crippen LogP contribution in [-0.4, -0.2) is 0 Å².